The fraction of sp³-hybridized carbons (Fsp3) is 0.267. The molecule has 0 aliphatic carbocycles. The molecule has 5 rings (SSSR count). The van der Waals surface area contributed by atoms with Crippen LogP contribution >= 0.6 is 0 Å². The molecule has 0 spiro atoms. The number of rotatable bonds is 8. The van der Waals surface area contributed by atoms with Gasteiger partial charge in [-0.1, -0.05) is 30.3 Å². The molecule has 1 atom stereocenters. The molecule has 1 unspecified atom stereocenters. The Labute approximate surface area is 214 Å². The Bertz CT molecular complexity index is 1420. The highest BCUT2D eigenvalue weighted by atomic mass is 19.1. The Morgan fingerprint density at radius 3 is 2.49 bits per heavy atom. The van der Waals surface area contributed by atoms with Gasteiger partial charge in [0.1, 0.15) is 5.82 Å². The monoisotopic (exact) mass is 497 g/mol. The van der Waals surface area contributed by atoms with E-state index in [0.29, 0.717) is 66.3 Å². The van der Waals surface area contributed by atoms with E-state index in [-0.39, 0.29) is 18.1 Å². The molecule has 1 aliphatic rings. The van der Waals surface area contributed by atoms with Crippen molar-refractivity contribution in [3.63, 3.8) is 0 Å². The summed E-state index contributed by atoms with van der Waals surface area (Å²) in [5.74, 6) is -0.850. The molecule has 188 valence electrons. The molecule has 4 aromatic rings. The van der Waals surface area contributed by atoms with Crippen molar-refractivity contribution in [1.82, 2.24) is 14.9 Å². The molecule has 7 heteroatoms. The van der Waals surface area contributed by atoms with Gasteiger partial charge in [-0.15, -0.1) is 0 Å². The van der Waals surface area contributed by atoms with E-state index in [0.717, 1.165) is 12.0 Å². The standard InChI is InChI=1S/C30H28FN3O3/c31-24-13-10-21(11-14-24)29-26(8-4-5-9-28(35)36)32-27-18-22(12-15-25(27)33-29)30(37)34-17-16-23(19-34)20-6-2-1-3-7-20/h1-3,6-7,10-15,18,23H,4-5,8-9,16-17,19H2,(H,35,36). The minimum absolute atomic E-state index is 0.0206. The molecule has 37 heavy (non-hydrogen) atoms. The molecular weight excluding hydrogens is 469 g/mol. The fourth-order valence-corrected chi connectivity index (χ4v) is 4.93. The lowest BCUT2D eigenvalue weighted by Crippen LogP contribution is -2.28. The van der Waals surface area contributed by atoms with Crippen LogP contribution in [0.3, 0.4) is 0 Å². The number of aliphatic carboxylic acids is 1. The van der Waals surface area contributed by atoms with E-state index in [4.69, 9.17) is 15.1 Å². The number of hydrogen-bond acceptors (Lipinski definition) is 4. The van der Waals surface area contributed by atoms with Crippen molar-refractivity contribution in [3.05, 3.63) is 95.4 Å². The molecule has 3 aromatic carbocycles. The van der Waals surface area contributed by atoms with Crippen LogP contribution in [0.25, 0.3) is 22.3 Å². The quantitative estimate of drug-likeness (QED) is 0.308. The van der Waals surface area contributed by atoms with Crippen LogP contribution in [0, 0.1) is 5.82 Å². The normalized spacial score (nSPS) is 15.3. The van der Waals surface area contributed by atoms with E-state index in [2.05, 4.69) is 12.1 Å². The molecule has 0 saturated carbocycles. The summed E-state index contributed by atoms with van der Waals surface area (Å²) in [6.45, 7) is 1.39. The van der Waals surface area contributed by atoms with Crippen molar-refractivity contribution in [1.29, 1.82) is 0 Å². The SMILES string of the molecule is O=C(O)CCCCc1nc2cc(C(=O)N3CCC(c4ccccc4)C3)ccc2nc1-c1ccc(F)cc1. The van der Waals surface area contributed by atoms with Crippen LogP contribution in [0.4, 0.5) is 4.39 Å². The first-order chi connectivity index (χ1) is 18.0. The molecule has 1 saturated heterocycles. The Morgan fingerprint density at radius 1 is 0.946 bits per heavy atom. The smallest absolute Gasteiger partial charge is 0.303 e. The first-order valence-electron chi connectivity index (χ1n) is 12.6. The van der Waals surface area contributed by atoms with Gasteiger partial charge in [-0.25, -0.2) is 14.4 Å². The Kier molecular flexibility index (Phi) is 7.21. The first-order valence-corrected chi connectivity index (χ1v) is 12.6. The van der Waals surface area contributed by atoms with E-state index in [9.17, 15) is 14.0 Å². The van der Waals surface area contributed by atoms with Gasteiger partial charge in [0.05, 0.1) is 22.4 Å². The van der Waals surface area contributed by atoms with Gasteiger partial charge >= 0.3 is 5.97 Å². The average molecular weight is 498 g/mol. The van der Waals surface area contributed by atoms with Crippen LogP contribution in [-0.4, -0.2) is 44.9 Å². The summed E-state index contributed by atoms with van der Waals surface area (Å²) in [4.78, 5) is 35.8. The van der Waals surface area contributed by atoms with Crippen LogP contribution in [-0.2, 0) is 11.2 Å². The van der Waals surface area contributed by atoms with Crippen molar-refractivity contribution in [2.24, 2.45) is 0 Å². The van der Waals surface area contributed by atoms with Crippen LogP contribution in [0.5, 0.6) is 0 Å². The molecule has 1 amide bonds. The van der Waals surface area contributed by atoms with Crippen LogP contribution in [0.15, 0.2) is 72.8 Å². The second-order valence-corrected chi connectivity index (χ2v) is 9.48. The van der Waals surface area contributed by atoms with Gasteiger partial charge in [0, 0.05) is 36.6 Å². The fourth-order valence-electron chi connectivity index (χ4n) is 4.93. The summed E-state index contributed by atoms with van der Waals surface area (Å²) in [5.41, 5.74) is 5.18. The number of likely N-dealkylation sites (tertiary alicyclic amines) is 1. The average Bonchev–Trinajstić information content (AvgIpc) is 3.41. The number of aryl methyl sites for hydroxylation is 1. The number of carboxylic acid groups (broad SMARTS) is 1. The largest absolute Gasteiger partial charge is 0.481 e. The van der Waals surface area contributed by atoms with Gasteiger partial charge in [0.25, 0.3) is 5.91 Å². The Hall–Kier alpha value is -4.13. The summed E-state index contributed by atoms with van der Waals surface area (Å²) in [5, 5.41) is 8.96. The highest BCUT2D eigenvalue weighted by molar-refractivity contribution is 5.97. The lowest BCUT2D eigenvalue weighted by atomic mass is 9.99. The number of aromatic nitrogens is 2. The van der Waals surface area contributed by atoms with Crippen LogP contribution < -0.4 is 0 Å². The van der Waals surface area contributed by atoms with Gasteiger partial charge in [-0.2, -0.15) is 0 Å². The lowest BCUT2D eigenvalue weighted by molar-refractivity contribution is -0.137. The lowest BCUT2D eigenvalue weighted by Gasteiger charge is -2.17. The number of amides is 1. The predicted octanol–water partition coefficient (Wildman–Crippen LogP) is 5.86. The molecule has 1 aromatic heterocycles. The van der Waals surface area contributed by atoms with E-state index in [1.54, 1.807) is 24.3 Å². The topological polar surface area (TPSA) is 83.4 Å². The van der Waals surface area contributed by atoms with E-state index in [1.807, 2.05) is 29.2 Å². The maximum absolute atomic E-state index is 13.5. The van der Waals surface area contributed by atoms with Crippen LogP contribution in [0.2, 0.25) is 0 Å². The number of fused-ring (bicyclic) bond motifs is 1. The Balaban J connectivity index is 1.41. The summed E-state index contributed by atoms with van der Waals surface area (Å²) < 4.78 is 13.5. The number of unbranched alkanes of at least 4 members (excludes halogenated alkanes) is 1. The molecule has 1 aliphatic heterocycles. The zero-order valence-electron chi connectivity index (χ0n) is 20.4. The summed E-state index contributed by atoms with van der Waals surface area (Å²) in [7, 11) is 0. The maximum atomic E-state index is 13.5. The number of hydrogen-bond donors (Lipinski definition) is 1. The third-order valence-corrected chi connectivity index (χ3v) is 6.90. The molecule has 1 fully saturated rings. The van der Waals surface area contributed by atoms with Gasteiger partial charge in [0.2, 0.25) is 0 Å². The van der Waals surface area contributed by atoms with Crippen molar-refractivity contribution in [3.8, 4) is 11.3 Å². The van der Waals surface area contributed by atoms with Crippen molar-refractivity contribution in [2.75, 3.05) is 13.1 Å². The van der Waals surface area contributed by atoms with Crippen molar-refractivity contribution >= 4 is 22.9 Å². The van der Waals surface area contributed by atoms with Crippen molar-refractivity contribution < 1.29 is 19.1 Å². The summed E-state index contributed by atoms with van der Waals surface area (Å²) in [6.07, 6.45) is 2.71. The number of nitrogens with zero attached hydrogens (tertiary/aromatic N) is 3. The zero-order valence-corrected chi connectivity index (χ0v) is 20.4. The second kappa shape index (κ2) is 10.9. The number of halogens is 1. The highest BCUT2D eigenvalue weighted by Crippen LogP contribution is 2.29. The minimum atomic E-state index is -0.831. The summed E-state index contributed by atoms with van der Waals surface area (Å²) >= 11 is 0. The van der Waals surface area contributed by atoms with E-state index in [1.165, 1.54) is 17.7 Å². The van der Waals surface area contributed by atoms with Crippen LogP contribution in [0.1, 0.15) is 53.2 Å². The molecule has 2 heterocycles. The number of carbonyl (C=O) groups is 2. The highest BCUT2D eigenvalue weighted by Gasteiger charge is 2.28. The predicted molar refractivity (Wildman–Crippen MR) is 140 cm³/mol. The van der Waals surface area contributed by atoms with E-state index >= 15 is 0 Å². The molecular formula is C30H28FN3O3. The van der Waals surface area contributed by atoms with Gasteiger partial charge in [-0.05, 0) is 73.7 Å². The molecule has 0 bridgehead atoms. The van der Waals surface area contributed by atoms with Gasteiger partial charge in [-0.3, -0.25) is 9.59 Å². The molecule has 0 radical (unpaired) electrons. The number of carboxylic acids is 1. The number of benzene rings is 3. The zero-order chi connectivity index (χ0) is 25.8. The van der Waals surface area contributed by atoms with Gasteiger partial charge in [0.15, 0.2) is 0 Å². The minimum Gasteiger partial charge on any atom is -0.481 e. The molecule has 6 nitrogen and oxygen atoms in total. The van der Waals surface area contributed by atoms with E-state index < -0.39 is 5.97 Å². The van der Waals surface area contributed by atoms with Crippen molar-refractivity contribution in [2.45, 2.75) is 38.0 Å². The molecule has 1 N–H and O–H groups in total. The third-order valence-electron chi connectivity index (χ3n) is 6.90. The second-order valence-electron chi connectivity index (χ2n) is 9.48. The third kappa shape index (κ3) is 5.66. The Morgan fingerprint density at radius 2 is 1.73 bits per heavy atom. The number of carbonyl (C=O) groups excluding carboxylic acids is 1. The first kappa shape index (κ1) is 24.6. The van der Waals surface area contributed by atoms with Gasteiger partial charge < -0.3 is 10.0 Å². The summed E-state index contributed by atoms with van der Waals surface area (Å²) in [6, 6.07) is 21.8. The maximum Gasteiger partial charge on any atom is 0.303 e.